The smallest absolute Gasteiger partial charge is 0.408 e. The summed E-state index contributed by atoms with van der Waals surface area (Å²) in [4.78, 5) is 37.0. The Hall–Kier alpha value is -4.59. The van der Waals surface area contributed by atoms with Gasteiger partial charge in [0.25, 0.3) is 0 Å². The van der Waals surface area contributed by atoms with Gasteiger partial charge in [-0.25, -0.2) is 14.4 Å². The number of hydrogen-bond acceptors (Lipinski definition) is 7. The van der Waals surface area contributed by atoms with Crippen molar-refractivity contribution in [2.24, 2.45) is 0 Å². The highest BCUT2D eigenvalue weighted by Gasteiger charge is 2.25. The number of esters is 2. The number of hydrogen-bond donors (Lipinski definition) is 2. The average molecular weight is 475 g/mol. The van der Waals surface area contributed by atoms with Gasteiger partial charge in [0.2, 0.25) is 0 Å². The van der Waals surface area contributed by atoms with Crippen LogP contribution < -0.4 is 5.32 Å². The summed E-state index contributed by atoms with van der Waals surface area (Å²) in [6, 6.07) is 23.0. The summed E-state index contributed by atoms with van der Waals surface area (Å²) in [6.07, 6.45) is 1.81. The Kier molecular flexibility index (Phi) is 9.44. The summed E-state index contributed by atoms with van der Waals surface area (Å²) in [5.41, 5.74) is 2.21. The molecule has 3 aromatic carbocycles. The van der Waals surface area contributed by atoms with Gasteiger partial charge in [-0.05, 0) is 34.9 Å². The number of alkyl carbamates (subject to hydrolysis) is 1. The van der Waals surface area contributed by atoms with Gasteiger partial charge in [-0.3, -0.25) is 0 Å². The molecule has 0 spiro atoms. The molecule has 180 valence electrons. The largest absolute Gasteiger partial charge is 0.508 e. The fourth-order valence-electron chi connectivity index (χ4n) is 2.87. The van der Waals surface area contributed by atoms with E-state index in [0.717, 1.165) is 11.1 Å². The lowest BCUT2D eigenvalue weighted by Crippen LogP contribution is -2.45. The molecule has 1 amide bonds. The third kappa shape index (κ3) is 9.05. The molecule has 0 bridgehead atoms. The minimum atomic E-state index is -1.27. The topological polar surface area (TPSA) is 111 Å². The predicted octanol–water partition coefficient (Wildman–Crippen LogP) is 3.99. The Balaban J connectivity index is 1.57. The Morgan fingerprint density at radius 2 is 1.34 bits per heavy atom. The Morgan fingerprint density at radius 3 is 1.94 bits per heavy atom. The van der Waals surface area contributed by atoms with Crippen molar-refractivity contribution in [2.45, 2.75) is 19.3 Å². The molecule has 3 rings (SSSR count). The van der Waals surface area contributed by atoms with E-state index >= 15 is 0 Å². The quantitative estimate of drug-likeness (QED) is 0.259. The van der Waals surface area contributed by atoms with E-state index in [4.69, 9.17) is 14.2 Å². The Bertz CT molecular complexity index is 1130. The minimum absolute atomic E-state index is 0.00755. The molecule has 1 unspecified atom stereocenters. The van der Waals surface area contributed by atoms with E-state index in [0.29, 0.717) is 5.56 Å². The van der Waals surface area contributed by atoms with Gasteiger partial charge in [0.1, 0.15) is 25.6 Å². The molecule has 8 heteroatoms. The summed E-state index contributed by atoms with van der Waals surface area (Å²) in [5, 5.41) is 11.7. The summed E-state index contributed by atoms with van der Waals surface area (Å²) < 4.78 is 15.6. The van der Waals surface area contributed by atoms with Gasteiger partial charge in [-0.15, -0.1) is 0 Å². The Morgan fingerprint density at radius 1 is 0.771 bits per heavy atom. The fourth-order valence-corrected chi connectivity index (χ4v) is 2.87. The number of aromatic hydroxyl groups is 1. The molecule has 0 heterocycles. The number of carbonyl (C=O) groups is 3. The van der Waals surface area contributed by atoms with Crippen LogP contribution in [0.5, 0.6) is 5.75 Å². The predicted molar refractivity (Wildman–Crippen MR) is 128 cm³/mol. The van der Waals surface area contributed by atoms with E-state index < -0.39 is 30.7 Å². The van der Waals surface area contributed by atoms with E-state index in [1.165, 1.54) is 24.3 Å². The third-order valence-electron chi connectivity index (χ3n) is 4.71. The van der Waals surface area contributed by atoms with Crippen LogP contribution in [0, 0.1) is 0 Å². The highest BCUT2D eigenvalue weighted by atomic mass is 16.6. The van der Waals surface area contributed by atoms with Crippen LogP contribution in [-0.4, -0.2) is 35.8 Å². The zero-order valence-electron chi connectivity index (χ0n) is 18.8. The first-order chi connectivity index (χ1) is 17.0. The van der Waals surface area contributed by atoms with Crippen LogP contribution in [0.1, 0.15) is 16.7 Å². The summed E-state index contributed by atoms with van der Waals surface area (Å²) >= 11 is 0. The second-order valence-corrected chi connectivity index (χ2v) is 7.41. The molecule has 0 saturated carbocycles. The molecular weight excluding hydrogens is 450 g/mol. The molecule has 1 atom stereocenters. The van der Waals surface area contributed by atoms with Gasteiger partial charge in [-0.2, -0.15) is 0 Å². The fraction of sp³-hybridized carbons (Fsp3) is 0.148. The van der Waals surface area contributed by atoms with Crippen molar-refractivity contribution in [3.63, 3.8) is 0 Å². The zero-order valence-corrected chi connectivity index (χ0v) is 18.8. The molecule has 0 saturated heterocycles. The first-order valence-electron chi connectivity index (χ1n) is 10.8. The molecule has 0 radical (unpaired) electrons. The van der Waals surface area contributed by atoms with E-state index in [1.54, 1.807) is 36.4 Å². The van der Waals surface area contributed by atoms with Crippen molar-refractivity contribution < 1.29 is 33.7 Å². The van der Waals surface area contributed by atoms with Crippen molar-refractivity contribution >= 4 is 24.1 Å². The van der Waals surface area contributed by atoms with Gasteiger partial charge >= 0.3 is 18.0 Å². The second kappa shape index (κ2) is 13.2. The lowest BCUT2D eigenvalue weighted by molar-refractivity contribution is -0.151. The van der Waals surface area contributed by atoms with Crippen molar-refractivity contribution in [2.75, 3.05) is 6.61 Å². The van der Waals surface area contributed by atoms with Crippen LogP contribution in [0.3, 0.4) is 0 Å². The Labute approximate surface area is 202 Å². The highest BCUT2D eigenvalue weighted by molar-refractivity contribution is 5.88. The molecular formula is C27H25NO7. The normalized spacial score (nSPS) is 11.4. The third-order valence-corrected chi connectivity index (χ3v) is 4.71. The average Bonchev–Trinajstić information content (AvgIpc) is 2.89. The van der Waals surface area contributed by atoms with Crippen LogP contribution >= 0.6 is 0 Å². The molecule has 2 N–H and O–H groups in total. The van der Waals surface area contributed by atoms with E-state index in [9.17, 15) is 19.5 Å². The van der Waals surface area contributed by atoms with Crippen LogP contribution in [-0.2, 0) is 37.0 Å². The maximum Gasteiger partial charge on any atom is 0.408 e. The van der Waals surface area contributed by atoms with E-state index in [2.05, 4.69) is 5.32 Å². The lowest BCUT2D eigenvalue weighted by atomic mass is 10.2. The standard InChI is InChI=1S/C27H25NO7/c29-23-14-11-20(12-15-23)13-16-25(30)33-19-24(26(31)34-17-21-7-3-1-4-8-21)28-27(32)35-18-22-9-5-2-6-10-22/h1-16,24,29H,17-19H2,(H,28,32)/b16-13+. The number of phenols is 1. The minimum Gasteiger partial charge on any atom is -0.508 e. The zero-order chi connectivity index (χ0) is 24.9. The molecule has 0 aromatic heterocycles. The van der Waals surface area contributed by atoms with Gasteiger partial charge in [-0.1, -0.05) is 72.8 Å². The number of phenolic OH excluding ortho intramolecular Hbond substituents is 1. The van der Waals surface area contributed by atoms with Crippen molar-refractivity contribution in [1.29, 1.82) is 0 Å². The molecule has 0 aliphatic carbocycles. The van der Waals surface area contributed by atoms with Gasteiger partial charge in [0.05, 0.1) is 0 Å². The van der Waals surface area contributed by atoms with E-state index in [-0.39, 0.29) is 19.0 Å². The maximum atomic E-state index is 12.6. The summed E-state index contributed by atoms with van der Waals surface area (Å²) in [7, 11) is 0. The molecule has 0 aliphatic rings. The van der Waals surface area contributed by atoms with Crippen LogP contribution in [0.25, 0.3) is 6.08 Å². The summed E-state index contributed by atoms with van der Waals surface area (Å²) in [5.74, 6) is -1.40. The van der Waals surface area contributed by atoms with Crippen LogP contribution in [0.2, 0.25) is 0 Å². The van der Waals surface area contributed by atoms with Crippen LogP contribution in [0.15, 0.2) is 91.0 Å². The number of ether oxygens (including phenoxy) is 3. The molecule has 0 fully saturated rings. The number of nitrogens with one attached hydrogen (secondary N) is 1. The first-order valence-corrected chi connectivity index (χ1v) is 10.8. The van der Waals surface area contributed by atoms with Crippen LogP contribution in [0.4, 0.5) is 4.79 Å². The number of benzene rings is 3. The second-order valence-electron chi connectivity index (χ2n) is 7.41. The van der Waals surface area contributed by atoms with Crippen molar-refractivity contribution in [3.05, 3.63) is 108 Å². The first kappa shape index (κ1) is 25.0. The summed E-state index contributed by atoms with van der Waals surface area (Å²) in [6.45, 7) is -0.452. The number of rotatable bonds is 10. The number of amides is 1. The van der Waals surface area contributed by atoms with Crippen molar-refractivity contribution in [1.82, 2.24) is 5.32 Å². The maximum absolute atomic E-state index is 12.6. The lowest BCUT2D eigenvalue weighted by Gasteiger charge is -2.17. The monoisotopic (exact) mass is 475 g/mol. The highest BCUT2D eigenvalue weighted by Crippen LogP contribution is 2.11. The SMILES string of the molecule is O=C(/C=C/c1ccc(O)cc1)OCC(NC(=O)OCc1ccccc1)C(=O)OCc1ccccc1. The van der Waals surface area contributed by atoms with Crippen molar-refractivity contribution in [3.8, 4) is 5.75 Å². The number of carbonyl (C=O) groups excluding carboxylic acids is 3. The van der Waals surface area contributed by atoms with Gasteiger partial charge in [0.15, 0.2) is 6.04 Å². The molecule has 8 nitrogen and oxygen atoms in total. The van der Waals surface area contributed by atoms with E-state index in [1.807, 2.05) is 36.4 Å². The molecule has 3 aromatic rings. The van der Waals surface area contributed by atoms with Gasteiger partial charge < -0.3 is 24.6 Å². The molecule has 0 aliphatic heterocycles. The molecule has 35 heavy (non-hydrogen) atoms. The van der Waals surface area contributed by atoms with Gasteiger partial charge in [0, 0.05) is 6.08 Å².